The molecule has 0 spiro atoms. The lowest BCUT2D eigenvalue weighted by Crippen LogP contribution is -2.29. The standard InChI is InChI=1S/C19H22FNO2S/c1-14(15-3-9-18(10-4-15)24(2,22)23)21-13-19(11-12-19)16-5-7-17(20)8-6-16/h3-10,14,21H,11-13H2,1-2H3/t14-/m1/s1. The Labute approximate surface area is 142 Å². The van der Waals surface area contributed by atoms with Crippen LogP contribution in [0.3, 0.4) is 0 Å². The van der Waals surface area contributed by atoms with Gasteiger partial charge in [0.15, 0.2) is 9.84 Å². The van der Waals surface area contributed by atoms with Crippen molar-refractivity contribution in [1.29, 1.82) is 0 Å². The average Bonchev–Trinajstić information content (AvgIpc) is 3.34. The molecule has 0 unspecified atom stereocenters. The zero-order valence-corrected chi connectivity index (χ0v) is 14.7. The summed E-state index contributed by atoms with van der Waals surface area (Å²) in [7, 11) is -3.16. The highest BCUT2D eigenvalue weighted by atomic mass is 32.2. The Balaban J connectivity index is 1.65. The van der Waals surface area contributed by atoms with Crippen LogP contribution in [0.25, 0.3) is 0 Å². The second-order valence-electron chi connectivity index (χ2n) is 6.73. The van der Waals surface area contributed by atoms with Gasteiger partial charge in [0.25, 0.3) is 0 Å². The van der Waals surface area contributed by atoms with Crippen molar-refractivity contribution in [2.24, 2.45) is 0 Å². The molecule has 3 nitrogen and oxygen atoms in total. The molecule has 2 aromatic carbocycles. The van der Waals surface area contributed by atoms with E-state index in [0.29, 0.717) is 4.90 Å². The number of sulfone groups is 1. The van der Waals surface area contributed by atoms with Crippen molar-refractivity contribution in [2.75, 3.05) is 12.8 Å². The summed E-state index contributed by atoms with van der Waals surface area (Å²) in [5.74, 6) is -0.207. The van der Waals surface area contributed by atoms with E-state index in [1.165, 1.54) is 24.0 Å². The van der Waals surface area contributed by atoms with Crippen molar-refractivity contribution in [3.63, 3.8) is 0 Å². The average molecular weight is 347 g/mol. The van der Waals surface area contributed by atoms with E-state index < -0.39 is 9.84 Å². The van der Waals surface area contributed by atoms with Crippen LogP contribution in [-0.2, 0) is 15.3 Å². The first kappa shape index (κ1) is 17.1. The molecule has 0 bridgehead atoms. The topological polar surface area (TPSA) is 46.2 Å². The van der Waals surface area contributed by atoms with E-state index in [-0.39, 0.29) is 17.3 Å². The Morgan fingerprint density at radius 2 is 1.67 bits per heavy atom. The molecule has 0 amide bonds. The van der Waals surface area contributed by atoms with Gasteiger partial charge in [0.1, 0.15) is 5.82 Å². The van der Waals surface area contributed by atoms with Gasteiger partial charge in [-0.05, 0) is 55.2 Å². The van der Waals surface area contributed by atoms with Gasteiger partial charge in [0, 0.05) is 24.3 Å². The Morgan fingerprint density at radius 1 is 1.08 bits per heavy atom. The van der Waals surface area contributed by atoms with Crippen molar-refractivity contribution < 1.29 is 12.8 Å². The van der Waals surface area contributed by atoms with Crippen LogP contribution in [0.1, 0.15) is 36.9 Å². The van der Waals surface area contributed by atoms with Crippen molar-refractivity contribution in [2.45, 2.75) is 36.1 Å². The van der Waals surface area contributed by atoms with Gasteiger partial charge in [-0.25, -0.2) is 12.8 Å². The van der Waals surface area contributed by atoms with Gasteiger partial charge in [-0.2, -0.15) is 0 Å². The first-order chi connectivity index (χ1) is 11.3. The molecule has 0 aliphatic heterocycles. The van der Waals surface area contributed by atoms with Gasteiger partial charge in [-0.15, -0.1) is 0 Å². The molecule has 0 heterocycles. The third-order valence-corrected chi connectivity index (χ3v) is 5.99. The first-order valence-electron chi connectivity index (χ1n) is 8.10. The maximum atomic E-state index is 13.1. The largest absolute Gasteiger partial charge is 0.309 e. The molecule has 24 heavy (non-hydrogen) atoms. The third kappa shape index (κ3) is 3.68. The Morgan fingerprint density at radius 3 is 2.17 bits per heavy atom. The van der Waals surface area contributed by atoms with Crippen molar-refractivity contribution in [3.05, 3.63) is 65.5 Å². The summed E-state index contributed by atoms with van der Waals surface area (Å²) in [6.45, 7) is 2.89. The van der Waals surface area contributed by atoms with Crippen molar-refractivity contribution >= 4 is 9.84 Å². The van der Waals surface area contributed by atoms with Crippen LogP contribution >= 0.6 is 0 Å². The lowest BCUT2D eigenvalue weighted by molar-refractivity contribution is 0.509. The lowest BCUT2D eigenvalue weighted by atomic mass is 9.95. The minimum Gasteiger partial charge on any atom is -0.309 e. The van der Waals surface area contributed by atoms with E-state index in [0.717, 1.165) is 24.9 Å². The predicted molar refractivity (Wildman–Crippen MR) is 93.3 cm³/mol. The molecule has 1 fully saturated rings. The van der Waals surface area contributed by atoms with Gasteiger partial charge in [-0.1, -0.05) is 24.3 Å². The number of nitrogens with one attached hydrogen (secondary N) is 1. The molecule has 1 N–H and O–H groups in total. The first-order valence-corrected chi connectivity index (χ1v) is 9.99. The zero-order chi connectivity index (χ0) is 17.4. The van der Waals surface area contributed by atoms with Gasteiger partial charge in [0.2, 0.25) is 0 Å². The molecule has 1 aliphatic carbocycles. The number of halogens is 1. The summed E-state index contributed by atoms with van der Waals surface area (Å²) < 4.78 is 36.1. The van der Waals surface area contributed by atoms with E-state index in [2.05, 4.69) is 12.2 Å². The summed E-state index contributed by atoms with van der Waals surface area (Å²) >= 11 is 0. The van der Waals surface area contributed by atoms with Gasteiger partial charge >= 0.3 is 0 Å². The highest BCUT2D eigenvalue weighted by Gasteiger charge is 2.43. The van der Waals surface area contributed by atoms with Crippen LogP contribution in [0.5, 0.6) is 0 Å². The minimum atomic E-state index is -3.16. The normalized spacial score (nSPS) is 17.5. The molecule has 128 valence electrons. The zero-order valence-electron chi connectivity index (χ0n) is 13.9. The van der Waals surface area contributed by atoms with Crippen LogP contribution in [-0.4, -0.2) is 21.2 Å². The fourth-order valence-electron chi connectivity index (χ4n) is 2.99. The van der Waals surface area contributed by atoms with Gasteiger partial charge in [-0.3, -0.25) is 0 Å². The Bertz CT molecular complexity index is 809. The van der Waals surface area contributed by atoms with Crippen LogP contribution in [0.2, 0.25) is 0 Å². The highest BCUT2D eigenvalue weighted by Crippen LogP contribution is 2.47. The fourth-order valence-corrected chi connectivity index (χ4v) is 3.62. The summed E-state index contributed by atoms with van der Waals surface area (Å²) in [5.41, 5.74) is 2.34. The lowest BCUT2D eigenvalue weighted by Gasteiger charge is -2.21. The molecule has 1 atom stereocenters. The van der Waals surface area contributed by atoms with Crippen LogP contribution in [0, 0.1) is 5.82 Å². The third-order valence-electron chi connectivity index (χ3n) is 4.87. The Kier molecular flexibility index (Phi) is 4.49. The van der Waals surface area contributed by atoms with Crippen LogP contribution in [0.15, 0.2) is 53.4 Å². The van der Waals surface area contributed by atoms with E-state index in [4.69, 9.17) is 0 Å². The smallest absolute Gasteiger partial charge is 0.175 e. The molecule has 1 aliphatic rings. The van der Waals surface area contributed by atoms with E-state index >= 15 is 0 Å². The van der Waals surface area contributed by atoms with E-state index in [1.807, 2.05) is 24.3 Å². The molecule has 2 aromatic rings. The number of benzene rings is 2. The SMILES string of the molecule is C[C@@H](NCC1(c2ccc(F)cc2)CC1)c1ccc(S(C)(=O)=O)cc1. The summed E-state index contributed by atoms with van der Waals surface area (Å²) in [4.78, 5) is 0.337. The quantitative estimate of drug-likeness (QED) is 0.868. The van der Waals surface area contributed by atoms with Gasteiger partial charge in [0.05, 0.1) is 4.90 Å². The minimum absolute atomic E-state index is 0.106. The van der Waals surface area contributed by atoms with E-state index in [1.54, 1.807) is 12.1 Å². The summed E-state index contributed by atoms with van der Waals surface area (Å²) in [5, 5.41) is 3.53. The maximum Gasteiger partial charge on any atom is 0.175 e. The monoisotopic (exact) mass is 347 g/mol. The molecule has 0 radical (unpaired) electrons. The highest BCUT2D eigenvalue weighted by molar-refractivity contribution is 7.90. The summed E-state index contributed by atoms with van der Waals surface area (Å²) in [6, 6.07) is 13.9. The van der Waals surface area contributed by atoms with Gasteiger partial charge < -0.3 is 5.32 Å². The molecular weight excluding hydrogens is 325 g/mol. The predicted octanol–water partition coefficient (Wildman–Crippen LogP) is 3.61. The van der Waals surface area contributed by atoms with E-state index in [9.17, 15) is 12.8 Å². The molecule has 5 heteroatoms. The molecule has 0 aromatic heterocycles. The fraction of sp³-hybridized carbons (Fsp3) is 0.368. The van der Waals surface area contributed by atoms with Crippen molar-refractivity contribution in [1.82, 2.24) is 5.32 Å². The van der Waals surface area contributed by atoms with Crippen molar-refractivity contribution in [3.8, 4) is 0 Å². The number of hydrogen-bond donors (Lipinski definition) is 1. The second kappa shape index (κ2) is 6.30. The molecule has 0 saturated heterocycles. The number of hydrogen-bond acceptors (Lipinski definition) is 3. The number of rotatable bonds is 6. The van der Waals surface area contributed by atoms with Crippen LogP contribution < -0.4 is 5.32 Å². The Hall–Kier alpha value is -1.72. The molecular formula is C19H22FNO2S. The second-order valence-corrected chi connectivity index (χ2v) is 8.75. The van der Waals surface area contributed by atoms with Crippen LogP contribution in [0.4, 0.5) is 4.39 Å². The molecule has 3 rings (SSSR count). The summed E-state index contributed by atoms with van der Waals surface area (Å²) in [6.07, 6.45) is 3.42. The maximum absolute atomic E-state index is 13.1. The molecule has 1 saturated carbocycles.